The Hall–Kier alpha value is -2.35. The van der Waals surface area contributed by atoms with E-state index in [1.807, 2.05) is 0 Å². The number of imide groups is 1. The summed E-state index contributed by atoms with van der Waals surface area (Å²) in [4.78, 5) is 25.3. The fourth-order valence-corrected chi connectivity index (χ4v) is 2.59. The van der Waals surface area contributed by atoms with Crippen molar-refractivity contribution < 1.29 is 9.59 Å². The summed E-state index contributed by atoms with van der Waals surface area (Å²) in [5.41, 5.74) is 0.865. The average Bonchev–Trinajstić information content (AvgIpc) is 2.93. The lowest BCUT2D eigenvalue weighted by Crippen LogP contribution is -2.29. The summed E-state index contributed by atoms with van der Waals surface area (Å²) in [5.74, 6) is 5.13. The van der Waals surface area contributed by atoms with Gasteiger partial charge in [-0.1, -0.05) is 23.9 Å². The summed E-state index contributed by atoms with van der Waals surface area (Å²) in [6.45, 7) is 0. The second-order valence-electron chi connectivity index (χ2n) is 3.88. The van der Waals surface area contributed by atoms with E-state index in [1.165, 1.54) is 27.7 Å². The van der Waals surface area contributed by atoms with Crippen molar-refractivity contribution in [2.75, 3.05) is 11.7 Å². The molecule has 0 aliphatic carbocycles. The molecule has 0 atom stereocenters. The zero-order valence-corrected chi connectivity index (χ0v) is 10.5. The molecular weight excluding hydrogens is 266 g/mol. The number of thioether (sulfide) groups is 1. The number of hydrogen-bond acceptors (Lipinski definition) is 6. The highest BCUT2D eigenvalue weighted by Gasteiger charge is 2.35. The molecule has 96 valence electrons. The van der Waals surface area contributed by atoms with Crippen molar-refractivity contribution in [2.45, 2.75) is 5.16 Å². The summed E-state index contributed by atoms with van der Waals surface area (Å²) < 4.78 is 1.24. The molecule has 2 aromatic rings. The highest BCUT2D eigenvalue weighted by atomic mass is 32.2. The second-order valence-corrected chi connectivity index (χ2v) is 4.79. The third kappa shape index (κ3) is 1.85. The number of amides is 2. The number of nitrogens with two attached hydrogens (primary N) is 1. The van der Waals surface area contributed by atoms with Gasteiger partial charge in [-0.05, 0) is 12.1 Å². The Bertz CT molecular complexity index is 634. The molecule has 1 aromatic carbocycles. The molecule has 2 heterocycles. The first-order chi connectivity index (χ1) is 9.18. The van der Waals surface area contributed by atoms with E-state index in [1.54, 1.807) is 24.3 Å². The first kappa shape index (κ1) is 11.7. The molecule has 0 radical (unpaired) electrons. The van der Waals surface area contributed by atoms with Gasteiger partial charge in [-0.3, -0.25) is 14.5 Å². The predicted molar refractivity (Wildman–Crippen MR) is 67.8 cm³/mol. The van der Waals surface area contributed by atoms with Crippen LogP contribution in [0.2, 0.25) is 0 Å². The van der Waals surface area contributed by atoms with Crippen molar-refractivity contribution in [1.29, 1.82) is 0 Å². The molecule has 0 fully saturated rings. The van der Waals surface area contributed by atoms with Gasteiger partial charge < -0.3 is 5.84 Å². The smallest absolute Gasteiger partial charge is 0.262 e. The van der Waals surface area contributed by atoms with Crippen LogP contribution in [0.1, 0.15) is 20.7 Å². The Morgan fingerprint density at radius 3 is 2.32 bits per heavy atom. The molecule has 0 spiro atoms. The number of rotatable bonds is 3. The normalized spacial score (nSPS) is 14.0. The zero-order chi connectivity index (χ0) is 13.4. The van der Waals surface area contributed by atoms with Gasteiger partial charge >= 0.3 is 0 Å². The molecular formula is C11H9N5O2S. The third-order valence-electron chi connectivity index (χ3n) is 2.74. The number of carbonyl (C=O) groups is 2. The Balaban J connectivity index is 1.79. The van der Waals surface area contributed by atoms with E-state index >= 15 is 0 Å². The van der Waals surface area contributed by atoms with E-state index < -0.39 is 0 Å². The predicted octanol–water partition coefficient (Wildman–Crippen LogP) is 0.338. The fraction of sp³-hybridized carbons (Fsp3) is 0.0909. The number of nitrogens with zero attached hydrogens (tertiary/aromatic N) is 4. The van der Waals surface area contributed by atoms with Gasteiger partial charge in [0.05, 0.1) is 17.0 Å². The van der Waals surface area contributed by atoms with Crippen LogP contribution in [0.4, 0.5) is 0 Å². The molecule has 2 amide bonds. The minimum atomic E-state index is -0.295. The van der Waals surface area contributed by atoms with E-state index in [9.17, 15) is 9.59 Å². The van der Waals surface area contributed by atoms with Crippen LogP contribution >= 0.6 is 11.8 Å². The summed E-state index contributed by atoms with van der Waals surface area (Å²) in [6, 6.07) is 6.76. The number of nitrogen functional groups attached to an aromatic ring is 1. The van der Waals surface area contributed by atoms with Crippen molar-refractivity contribution in [3.05, 3.63) is 41.7 Å². The van der Waals surface area contributed by atoms with Crippen LogP contribution in [0.15, 0.2) is 35.7 Å². The van der Waals surface area contributed by atoms with Crippen LogP contribution in [0.3, 0.4) is 0 Å². The lowest BCUT2D eigenvalue weighted by molar-refractivity contribution is 0.0684. The molecule has 1 aliphatic rings. The van der Waals surface area contributed by atoms with Gasteiger partial charge in [0.25, 0.3) is 11.8 Å². The molecule has 7 nitrogen and oxygen atoms in total. The van der Waals surface area contributed by atoms with Gasteiger partial charge in [-0.2, -0.15) is 0 Å². The van der Waals surface area contributed by atoms with Crippen LogP contribution in [-0.2, 0) is 0 Å². The molecule has 0 saturated heterocycles. The Kier molecular flexibility index (Phi) is 2.71. The van der Waals surface area contributed by atoms with E-state index in [4.69, 9.17) is 5.84 Å². The summed E-state index contributed by atoms with van der Waals surface area (Å²) in [5, 5.41) is 7.84. The van der Waals surface area contributed by atoms with Gasteiger partial charge in [-0.25, -0.2) is 4.68 Å². The lowest BCUT2D eigenvalue weighted by atomic mass is 10.1. The maximum Gasteiger partial charge on any atom is 0.262 e. The molecule has 0 bridgehead atoms. The SMILES string of the molecule is Nn1cnnc1SCN1C(=O)c2ccccc2C1=O. The maximum absolute atomic E-state index is 12.1. The lowest BCUT2D eigenvalue weighted by Gasteiger charge is -2.12. The topological polar surface area (TPSA) is 94.1 Å². The quantitative estimate of drug-likeness (QED) is 0.493. The number of hydrogen-bond donors (Lipinski definition) is 1. The number of aromatic nitrogens is 3. The average molecular weight is 275 g/mol. The largest absolute Gasteiger partial charge is 0.336 e. The second kappa shape index (κ2) is 4.39. The molecule has 0 unspecified atom stereocenters. The number of benzene rings is 1. The van der Waals surface area contributed by atoms with E-state index in [0.29, 0.717) is 16.3 Å². The fourth-order valence-electron chi connectivity index (χ4n) is 1.81. The van der Waals surface area contributed by atoms with Crippen LogP contribution in [-0.4, -0.2) is 37.5 Å². The van der Waals surface area contributed by atoms with Gasteiger partial charge in [0.15, 0.2) is 0 Å². The molecule has 0 saturated carbocycles. The molecule has 3 rings (SSSR count). The molecule has 2 N–H and O–H groups in total. The summed E-state index contributed by atoms with van der Waals surface area (Å²) in [6.07, 6.45) is 1.35. The number of fused-ring (bicyclic) bond motifs is 1. The highest BCUT2D eigenvalue weighted by Crippen LogP contribution is 2.25. The van der Waals surface area contributed by atoms with Gasteiger partial charge in [-0.15, -0.1) is 10.2 Å². The standard InChI is InChI=1S/C11H9N5O2S/c12-16-5-13-14-11(16)19-6-15-9(17)7-3-1-2-4-8(7)10(15)18/h1-5H,6,12H2. The Labute approximate surface area is 112 Å². The summed E-state index contributed by atoms with van der Waals surface area (Å²) >= 11 is 1.18. The van der Waals surface area contributed by atoms with Crippen LogP contribution in [0.25, 0.3) is 0 Å². The van der Waals surface area contributed by atoms with Crippen molar-refractivity contribution in [1.82, 2.24) is 19.8 Å². The van der Waals surface area contributed by atoms with Crippen LogP contribution < -0.4 is 5.84 Å². The zero-order valence-electron chi connectivity index (χ0n) is 9.68. The Morgan fingerprint density at radius 1 is 1.16 bits per heavy atom. The summed E-state index contributed by atoms with van der Waals surface area (Å²) in [7, 11) is 0. The Morgan fingerprint density at radius 2 is 1.79 bits per heavy atom. The van der Waals surface area contributed by atoms with Crippen LogP contribution in [0, 0.1) is 0 Å². The van der Waals surface area contributed by atoms with Crippen molar-refractivity contribution in [2.24, 2.45) is 0 Å². The van der Waals surface area contributed by atoms with Gasteiger partial charge in [0, 0.05) is 0 Å². The number of carbonyl (C=O) groups excluding carboxylic acids is 2. The molecule has 1 aromatic heterocycles. The van der Waals surface area contributed by atoms with Gasteiger partial charge in [0.1, 0.15) is 6.33 Å². The van der Waals surface area contributed by atoms with E-state index in [0.717, 1.165) is 0 Å². The van der Waals surface area contributed by atoms with Crippen molar-refractivity contribution >= 4 is 23.6 Å². The molecule has 1 aliphatic heterocycles. The van der Waals surface area contributed by atoms with Crippen molar-refractivity contribution in [3.8, 4) is 0 Å². The van der Waals surface area contributed by atoms with E-state index in [-0.39, 0.29) is 17.7 Å². The van der Waals surface area contributed by atoms with Crippen molar-refractivity contribution in [3.63, 3.8) is 0 Å². The van der Waals surface area contributed by atoms with Gasteiger partial charge in [0.2, 0.25) is 5.16 Å². The minimum absolute atomic E-state index is 0.155. The maximum atomic E-state index is 12.1. The van der Waals surface area contributed by atoms with Crippen LogP contribution in [0.5, 0.6) is 0 Å². The highest BCUT2D eigenvalue weighted by molar-refractivity contribution is 7.99. The third-order valence-corrected chi connectivity index (χ3v) is 3.68. The molecule has 19 heavy (non-hydrogen) atoms. The first-order valence-electron chi connectivity index (χ1n) is 5.41. The molecule has 8 heteroatoms. The van der Waals surface area contributed by atoms with E-state index in [2.05, 4.69) is 10.2 Å². The monoisotopic (exact) mass is 275 g/mol. The first-order valence-corrected chi connectivity index (χ1v) is 6.40. The minimum Gasteiger partial charge on any atom is -0.336 e.